The highest BCUT2D eigenvalue weighted by Crippen LogP contribution is 2.20. The molecule has 0 aliphatic heterocycles. The molecule has 3 N–H and O–H groups in total. The van der Waals surface area contributed by atoms with E-state index in [0.717, 1.165) is 0 Å². The molecule has 5 nitrogen and oxygen atoms in total. The van der Waals surface area contributed by atoms with Crippen molar-refractivity contribution in [2.75, 3.05) is 25.4 Å². The summed E-state index contributed by atoms with van der Waals surface area (Å²) < 4.78 is 25.8. The van der Waals surface area contributed by atoms with Gasteiger partial charge >= 0.3 is 0 Å². The normalized spacial score (nSPS) is 11.7. The van der Waals surface area contributed by atoms with Crippen molar-refractivity contribution < 1.29 is 13.5 Å². The second kappa shape index (κ2) is 5.99. The van der Waals surface area contributed by atoms with Gasteiger partial charge in [0, 0.05) is 18.8 Å². The van der Waals surface area contributed by atoms with E-state index in [4.69, 9.17) is 10.8 Å². The molecular weight excluding hydrogens is 252 g/mol. The second-order valence-electron chi connectivity index (χ2n) is 3.89. The number of anilines is 1. The Labute approximate surface area is 108 Å². The number of rotatable bonds is 6. The molecule has 0 atom stereocenters. The van der Waals surface area contributed by atoms with Crippen LogP contribution in [0.25, 0.3) is 0 Å². The molecule has 1 rings (SSSR count). The van der Waals surface area contributed by atoms with Crippen LogP contribution < -0.4 is 5.73 Å². The zero-order valence-electron chi connectivity index (χ0n) is 10.3. The molecule has 100 valence electrons. The van der Waals surface area contributed by atoms with Crippen LogP contribution in [0.15, 0.2) is 35.7 Å². The number of nitrogens with zero attached hydrogens (tertiary/aromatic N) is 1. The maximum Gasteiger partial charge on any atom is 0.243 e. The highest BCUT2D eigenvalue weighted by Gasteiger charge is 2.23. The number of aliphatic hydroxyl groups is 1. The molecule has 6 heteroatoms. The molecule has 1 aromatic carbocycles. The molecule has 18 heavy (non-hydrogen) atoms. The molecule has 0 heterocycles. The number of benzene rings is 1. The first kappa shape index (κ1) is 14.7. The SMILES string of the molecule is C=CCN(CCO)S(=O)(=O)c1ccc(N)c(C)c1. The van der Waals surface area contributed by atoms with Crippen molar-refractivity contribution in [1.29, 1.82) is 0 Å². The second-order valence-corrected chi connectivity index (χ2v) is 5.83. The average Bonchev–Trinajstić information content (AvgIpc) is 2.32. The van der Waals surface area contributed by atoms with Gasteiger partial charge in [0.05, 0.1) is 11.5 Å². The van der Waals surface area contributed by atoms with Gasteiger partial charge in [-0.25, -0.2) is 8.42 Å². The van der Waals surface area contributed by atoms with Crippen molar-refractivity contribution in [2.45, 2.75) is 11.8 Å². The first-order chi connectivity index (χ1) is 8.43. The molecule has 0 aromatic heterocycles. The van der Waals surface area contributed by atoms with Crippen LogP contribution in [0.4, 0.5) is 5.69 Å². The largest absolute Gasteiger partial charge is 0.399 e. The van der Waals surface area contributed by atoms with Crippen molar-refractivity contribution in [3.05, 3.63) is 36.4 Å². The summed E-state index contributed by atoms with van der Waals surface area (Å²) in [6.45, 7) is 5.23. The van der Waals surface area contributed by atoms with Gasteiger partial charge in [-0.2, -0.15) is 4.31 Å². The van der Waals surface area contributed by atoms with Gasteiger partial charge in [-0.1, -0.05) is 6.08 Å². The lowest BCUT2D eigenvalue weighted by Crippen LogP contribution is -2.33. The van der Waals surface area contributed by atoms with E-state index < -0.39 is 10.0 Å². The molecule has 0 spiro atoms. The molecule has 0 radical (unpaired) electrons. The minimum Gasteiger partial charge on any atom is -0.399 e. The number of sulfonamides is 1. The zero-order chi connectivity index (χ0) is 13.8. The topological polar surface area (TPSA) is 83.6 Å². The summed E-state index contributed by atoms with van der Waals surface area (Å²) >= 11 is 0. The summed E-state index contributed by atoms with van der Waals surface area (Å²) in [5.41, 5.74) is 6.92. The Hall–Kier alpha value is -1.37. The summed E-state index contributed by atoms with van der Waals surface area (Å²) in [7, 11) is -3.62. The number of aliphatic hydroxyl groups excluding tert-OH is 1. The van der Waals surface area contributed by atoms with Gasteiger partial charge in [0.25, 0.3) is 0 Å². The minimum atomic E-state index is -3.62. The first-order valence-electron chi connectivity index (χ1n) is 5.51. The Morgan fingerprint density at radius 2 is 2.17 bits per heavy atom. The average molecular weight is 270 g/mol. The predicted octanol–water partition coefficient (Wildman–Crippen LogP) is 0.746. The monoisotopic (exact) mass is 270 g/mol. The fraction of sp³-hybridized carbons (Fsp3) is 0.333. The van der Waals surface area contributed by atoms with Gasteiger partial charge in [0.1, 0.15) is 0 Å². The van der Waals surface area contributed by atoms with Gasteiger partial charge in [-0.05, 0) is 30.7 Å². The Kier molecular flexibility index (Phi) is 4.89. The number of aryl methyl sites for hydroxylation is 1. The van der Waals surface area contributed by atoms with Gasteiger partial charge in [-0.3, -0.25) is 0 Å². The van der Waals surface area contributed by atoms with Crippen molar-refractivity contribution >= 4 is 15.7 Å². The maximum absolute atomic E-state index is 12.3. The van der Waals surface area contributed by atoms with Crippen molar-refractivity contribution in [2.24, 2.45) is 0 Å². The van der Waals surface area contributed by atoms with Gasteiger partial charge in [-0.15, -0.1) is 6.58 Å². The summed E-state index contributed by atoms with van der Waals surface area (Å²) in [5.74, 6) is 0. The van der Waals surface area contributed by atoms with Crippen LogP contribution in [-0.4, -0.2) is 37.5 Å². The van der Waals surface area contributed by atoms with Crippen LogP contribution >= 0.6 is 0 Å². The lowest BCUT2D eigenvalue weighted by atomic mass is 10.2. The predicted molar refractivity (Wildman–Crippen MR) is 71.6 cm³/mol. The van der Waals surface area contributed by atoms with Crippen LogP contribution in [0, 0.1) is 6.92 Å². The van der Waals surface area contributed by atoms with E-state index in [1.54, 1.807) is 13.0 Å². The lowest BCUT2D eigenvalue weighted by molar-refractivity contribution is 0.260. The number of nitrogens with two attached hydrogens (primary N) is 1. The number of nitrogen functional groups attached to an aromatic ring is 1. The molecule has 0 aliphatic rings. The van der Waals surface area contributed by atoms with Crippen molar-refractivity contribution in [3.8, 4) is 0 Å². The molecule has 0 aliphatic carbocycles. The quantitative estimate of drug-likeness (QED) is 0.590. The van der Waals surface area contributed by atoms with Crippen LogP contribution in [0.2, 0.25) is 0 Å². The summed E-state index contributed by atoms with van der Waals surface area (Å²) in [6, 6.07) is 4.55. The third-order valence-corrected chi connectivity index (χ3v) is 4.42. The van der Waals surface area contributed by atoms with Gasteiger partial charge < -0.3 is 10.8 Å². The molecule has 0 bridgehead atoms. The standard InChI is InChI=1S/C12H18N2O3S/c1-3-6-14(7-8-15)18(16,17)11-4-5-12(13)10(2)9-11/h3-5,9,15H,1,6-8,13H2,2H3. The van der Waals surface area contributed by atoms with Gasteiger partial charge in [0.2, 0.25) is 10.0 Å². The molecular formula is C12H18N2O3S. The van der Waals surface area contributed by atoms with E-state index in [2.05, 4.69) is 6.58 Å². The molecule has 0 saturated heterocycles. The summed E-state index contributed by atoms with van der Waals surface area (Å²) in [6.07, 6.45) is 1.48. The Morgan fingerprint density at radius 3 is 2.67 bits per heavy atom. The molecule has 0 amide bonds. The first-order valence-corrected chi connectivity index (χ1v) is 6.95. The number of hydrogen-bond acceptors (Lipinski definition) is 4. The van der Waals surface area contributed by atoms with Crippen LogP contribution in [-0.2, 0) is 10.0 Å². The summed E-state index contributed by atoms with van der Waals surface area (Å²) in [4.78, 5) is 0.171. The Bertz CT molecular complexity index is 526. The third kappa shape index (κ3) is 3.10. The highest BCUT2D eigenvalue weighted by molar-refractivity contribution is 7.89. The summed E-state index contributed by atoms with van der Waals surface area (Å²) in [5, 5.41) is 8.91. The molecule has 0 saturated carbocycles. The van der Waals surface area contributed by atoms with Gasteiger partial charge in [0.15, 0.2) is 0 Å². The smallest absolute Gasteiger partial charge is 0.243 e. The molecule has 1 aromatic rings. The Balaban J connectivity index is 3.17. The van der Waals surface area contributed by atoms with E-state index in [0.29, 0.717) is 11.3 Å². The fourth-order valence-corrected chi connectivity index (χ4v) is 3.01. The fourth-order valence-electron chi connectivity index (χ4n) is 1.52. The van der Waals surface area contributed by atoms with Crippen molar-refractivity contribution in [3.63, 3.8) is 0 Å². The van der Waals surface area contributed by atoms with E-state index in [1.165, 1.54) is 22.5 Å². The van der Waals surface area contributed by atoms with E-state index >= 15 is 0 Å². The Morgan fingerprint density at radius 1 is 1.50 bits per heavy atom. The van der Waals surface area contributed by atoms with E-state index in [1.807, 2.05) is 0 Å². The maximum atomic E-state index is 12.3. The van der Waals surface area contributed by atoms with E-state index in [-0.39, 0.29) is 24.6 Å². The zero-order valence-corrected chi connectivity index (χ0v) is 11.2. The van der Waals surface area contributed by atoms with Crippen LogP contribution in [0.5, 0.6) is 0 Å². The van der Waals surface area contributed by atoms with E-state index in [9.17, 15) is 8.42 Å². The molecule has 0 fully saturated rings. The lowest BCUT2D eigenvalue weighted by Gasteiger charge is -2.20. The molecule has 0 unspecified atom stereocenters. The number of hydrogen-bond donors (Lipinski definition) is 2. The van der Waals surface area contributed by atoms with Crippen LogP contribution in [0.3, 0.4) is 0 Å². The third-order valence-electron chi connectivity index (χ3n) is 2.56. The van der Waals surface area contributed by atoms with Crippen molar-refractivity contribution in [1.82, 2.24) is 4.31 Å². The van der Waals surface area contributed by atoms with Crippen LogP contribution in [0.1, 0.15) is 5.56 Å². The highest BCUT2D eigenvalue weighted by atomic mass is 32.2. The minimum absolute atomic E-state index is 0.0395.